The van der Waals surface area contributed by atoms with Gasteiger partial charge in [-0.3, -0.25) is 4.90 Å². The third kappa shape index (κ3) is 5.38. The number of hydrogen-bond acceptors (Lipinski definition) is 7. The first-order chi connectivity index (χ1) is 19.4. The summed E-state index contributed by atoms with van der Waals surface area (Å²) in [5.41, 5.74) is 3.19. The smallest absolute Gasteiger partial charge is 0.227 e. The SMILES string of the molecule is CCOc1cc(Nc2ncc(F)c(-c3cc(F)c4nc(C)n(C5CC5)c4c3)n2)ccc1CN1CCN(CC)CC1. The van der Waals surface area contributed by atoms with Gasteiger partial charge < -0.3 is 19.5 Å². The maximum Gasteiger partial charge on any atom is 0.227 e. The summed E-state index contributed by atoms with van der Waals surface area (Å²) in [4.78, 5) is 17.9. The molecule has 3 heterocycles. The molecule has 10 heteroatoms. The molecule has 1 aliphatic carbocycles. The Morgan fingerprint density at radius 3 is 2.48 bits per heavy atom. The normalized spacial score (nSPS) is 16.5. The summed E-state index contributed by atoms with van der Waals surface area (Å²) in [6, 6.07) is 9.31. The molecule has 2 fully saturated rings. The Hall–Kier alpha value is -3.63. The molecule has 2 aromatic carbocycles. The van der Waals surface area contributed by atoms with E-state index in [1.165, 1.54) is 6.07 Å². The number of anilines is 2. The molecular formula is C30H35F2N7O. The van der Waals surface area contributed by atoms with Crippen molar-refractivity contribution in [1.82, 2.24) is 29.3 Å². The van der Waals surface area contributed by atoms with E-state index in [0.717, 1.165) is 81.1 Å². The van der Waals surface area contributed by atoms with Crippen LogP contribution in [0.1, 0.15) is 44.1 Å². The van der Waals surface area contributed by atoms with Crippen LogP contribution < -0.4 is 10.1 Å². The summed E-state index contributed by atoms with van der Waals surface area (Å²) >= 11 is 0. The lowest BCUT2D eigenvalue weighted by molar-refractivity contribution is 0.131. The summed E-state index contributed by atoms with van der Waals surface area (Å²) in [7, 11) is 0. The van der Waals surface area contributed by atoms with Crippen molar-refractivity contribution >= 4 is 22.7 Å². The molecule has 210 valence electrons. The molecule has 1 saturated heterocycles. The van der Waals surface area contributed by atoms with E-state index in [1.54, 1.807) is 6.07 Å². The summed E-state index contributed by atoms with van der Waals surface area (Å²) in [6.45, 7) is 12.7. The fraction of sp³-hybridized carbons (Fsp3) is 0.433. The highest BCUT2D eigenvalue weighted by Gasteiger charge is 2.28. The third-order valence-corrected chi connectivity index (χ3v) is 7.78. The van der Waals surface area contributed by atoms with Crippen molar-refractivity contribution in [2.45, 2.75) is 46.2 Å². The standard InChI is InChI=1S/C30H35F2N7O/c1-4-37-10-12-38(13-11-37)18-20-6-7-22(16-27(20)40-5-2)35-30-33-17-25(32)28(36-30)21-14-24(31)29-26(15-21)39(19(3)34-29)23-8-9-23/h6-7,14-17,23H,4-5,8-13,18H2,1-3H3,(H,33,35,36). The highest BCUT2D eigenvalue weighted by Crippen LogP contribution is 2.40. The summed E-state index contributed by atoms with van der Waals surface area (Å²) in [5, 5.41) is 3.18. The molecule has 1 N–H and O–H groups in total. The number of halogens is 2. The van der Waals surface area contributed by atoms with Crippen LogP contribution in [-0.2, 0) is 6.54 Å². The summed E-state index contributed by atoms with van der Waals surface area (Å²) in [6.07, 6.45) is 3.18. The highest BCUT2D eigenvalue weighted by atomic mass is 19.1. The van der Waals surface area contributed by atoms with Crippen molar-refractivity contribution in [3.05, 3.63) is 59.6 Å². The molecule has 0 bridgehead atoms. The molecule has 6 rings (SSSR count). The number of aryl methyl sites for hydroxylation is 1. The van der Waals surface area contributed by atoms with Crippen LogP contribution in [0.4, 0.5) is 20.4 Å². The van der Waals surface area contributed by atoms with Crippen molar-refractivity contribution in [2.75, 3.05) is 44.6 Å². The van der Waals surface area contributed by atoms with Crippen LogP contribution in [0.2, 0.25) is 0 Å². The van der Waals surface area contributed by atoms with E-state index in [4.69, 9.17) is 4.74 Å². The van der Waals surface area contributed by atoms with E-state index in [-0.39, 0.29) is 11.6 Å². The first-order valence-corrected chi connectivity index (χ1v) is 14.1. The van der Waals surface area contributed by atoms with Gasteiger partial charge in [-0.25, -0.2) is 23.7 Å². The zero-order valence-electron chi connectivity index (χ0n) is 23.3. The third-order valence-electron chi connectivity index (χ3n) is 7.78. The van der Waals surface area contributed by atoms with Crippen LogP contribution in [0.5, 0.6) is 5.75 Å². The number of benzene rings is 2. The van der Waals surface area contributed by atoms with Crippen LogP contribution in [0, 0.1) is 18.6 Å². The lowest BCUT2D eigenvalue weighted by Crippen LogP contribution is -2.45. The Morgan fingerprint density at radius 2 is 1.75 bits per heavy atom. The van der Waals surface area contributed by atoms with Gasteiger partial charge in [0.25, 0.3) is 0 Å². The number of nitrogens with one attached hydrogen (secondary N) is 1. The van der Waals surface area contributed by atoms with E-state index in [1.807, 2.05) is 30.5 Å². The van der Waals surface area contributed by atoms with E-state index >= 15 is 4.39 Å². The Labute approximate surface area is 233 Å². The number of fused-ring (bicyclic) bond motifs is 1. The summed E-state index contributed by atoms with van der Waals surface area (Å²) in [5.74, 6) is 0.664. The van der Waals surface area contributed by atoms with Crippen molar-refractivity contribution in [2.24, 2.45) is 0 Å². The number of rotatable bonds is 9. The lowest BCUT2D eigenvalue weighted by atomic mass is 10.1. The fourth-order valence-electron chi connectivity index (χ4n) is 5.52. The predicted molar refractivity (Wildman–Crippen MR) is 152 cm³/mol. The van der Waals surface area contributed by atoms with E-state index in [9.17, 15) is 4.39 Å². The van der Waals surface area contributed by atoms with E-state index < -0.39 is 11.6 Å². The van der Waals surface area contributed by atoms with Gasteiger partial charge in [-0.15, -0.1) is 0 Å². The van der Waals surface area contributed by atoms with Gasteiger partial charge in [0.2, 0.25) is 5.95 Å². The molecule has 2 aromatic heterocycles. The van der Waals surface area contributed by atoms with Crippen LogP contribution in [-0.4, -0.2) is 68.6 Å². The number of hydrogen-bond donors (Lipinski definition) is 1. The Bertz CT molecular complexity index is 1530. The van der Waals surface area contributed by atoms with Crippen molar-refractivity contribution in [3.63, 3.8) is 0 Å². The molecule has 2 aliphatic rings. The average Bonchev–Trinajstić information content (AvgIpc) is 3.73. The number of ether oxygens (including phenoxy) is 1. The highest BCUT2D eigenvalue weighted by molar-refractivity contribution is 5.83. The molecular weight excluding hydrogens is 512 g/mol. The molecule has 4 aromatic rings. The first kappa shape index (κ1) is 26.6. The van der Waals surface area contributed by atoms with Gasteiger partial charge in [-0.2, -0.15) is 0 Å². The monoisotopic (exact) mass is 547 g/mol. The number of piperazine rings is 1. The molecule has 0 atom stereocenters. The lowest BCUT2D eigenvalue weighted by Gasteiger charge is -2.34. The topological polar surface area (TPSA) is 71.3 Å². The Morgan fingerprint density at radius 1 is 0.975 bits per heavy atom. The Kier molecular flexibility index (Phi) is 7.37. The quantitative estimate of drug-likeness (QED) is 0.288. The van der Waals surface area contributed by atoms with Crippen LogP contribution in [0.15, 0.2) is 36.5 Å². The van der Waals surface area contributed by atoms with Crippen molar-refractivity contribution in [1.29, 1.82) is 0 Å². The maximum absolute atomic E-state index is 15.1. The number of imidazole rings is 1. The van der Waals surface area contributed by atoms with E-state index in [0.29, 0.717) is 29.2 Å². The minimum absolute atomic E-state index is 0.0346. The first-order valence-electron chi connectivity index (χ1n) is 14.1. The van der Waals surface area contributed by atoms with Crippen LogP contribution in [0.3, 0.4) is 0 Å². The number of aromatic nitrogens is 4. The van der Waals surface area contributed by atoms with Crippen molar-refractivity contribution < 1.29 is 13.5 Å². The minimum atomic E-state index is -0.618. The second-order valence-corrected chi connectivity index (χ2v) is 10.6. The van der Waals surface area contributed by atoms with Gasteiger partial charge in [-0.05, 0) is 51.4 Å². The van der Waals surface area contributed by atoms with Gasteiger partial charge in [0, 0.05) is 61.6 Å². The van der Waals surface area contributed by atoms with Gasteiger partial charge in [-0.1, -0.05) is 13.0 Å². The predicted octanol–water partition coefficient (Wildman–Crippen LogP) is 5.69. The van der Waals surface area contributed by atoms with Crippen molar-refractivity contribution in [3.8, 4) is 17.0 Å². The fourth-order valence-corrected chi connectivity index (χ4v) is 5.52. The molecule has 0 unspecified atom stereocenters. The molecule has 8 nitrogen and oxygen atoms in total. The summed E-state index contributed by atoms with van der Waals surface area (Å²) < 4.78 is 38.1. The molecule has 40 heavy (non-hydrogen) atoms. The van der Waals surface area contributed by atoms with E-state index in [2.05, 4.69) is 43.1 Å². The van der Waals surface area contributed by atoms with Gasteiger partial charge >= 0.3 is 0 Å². The zero-order valence-corrected chi connectivity index (χ0v) is 23.3. The molecule has 1 saturated carbocycles. The van der Waals surface area contributed by atoms with Crippen LogP contribution >= 0.6 is 0 Å². The molecule has 0 amide bonds. The number of nitrogens with zero attached hydrogens (tertiary/aromatic N) is 6. The van der Waals surface area contributed by atoms with Gasteiger partial charge in [0.15, 0.2) is 11.6 Å². The van der Waals surface area contributed by atoms with Crippen LogP contribution in [0.25, 0.3) is 22.3 Å². The number of likely N-dealkylation sites (N-methyl/N-ethyl adjacent to an activating group) is 1. The zero-order chi connectivity index (χ0) is 27.8. The minimum Gasteiger partial charge on any atom is -0.493 e. The molecule has 0 radical (unpaired) electrons. The average molecular weight is 548 g/mol. The van der Waals surface area contributed by atoms with Gasteiger partial charge in [0.1, 0.15) is 22.8 Å². The maximum atomic E-state index is 15.1. The largest absolute Gasteiger partial charge is 0.493 e. The second-order valence-electron chi connectivity index (χ2n) is 10.6. The molecule has 1 aliphatic heterocycles. The second kappa shape index (κ2) is 11.1. The molecule has 0 spiro atoms. The van der Waals surface area contributed by atoms with Gasteiger partial charge in [0.05, 0.1) is 18.3 Å². The Balaban J connectivity index is 1.25.